The first kappa shape index (κ1) is 13.5. The monoisotopic (exact) mass is 268 g/mol. The zero-order valence-electron chi connectivity index (χ0n) is 10.7. The molecular weight excluding hydrogens is 252 g/mol. The first-order valence-electron chi connectivity index (χ1n) is 6.06. The van der Waals surface area contributed by atoms with Gasteiger partial charge in [-0.2, -0.15) is 0 Å². The van der Waals surface area contributed by atoms with Crippen molar-refractivity contribution in [3.63, 3.8) is 0 Å². The summed E-state index contributed by atoms with van der Waals surface area (Å²) in [4.78, 5) is 22.8. The molecule has 2 rings (SSSR count). The number of nitrogens with one attached hydrogen (secondary N) is 1. The average Bonchev–Trinajstić information content (AvgIpc) is 3.06. The van der Waals surface area contributed by atoms with Gasteiger partial charge in [0.05, 0.1) is 19.4 Å². The molecule has 0 unspecified atom stereocenters. The van der Waals surface area contributed by atoms with Crippen LogP contribution in [0.5, 0.6) is 0 Å². The number of esters is 1. The molecule has 0 saturated carbocycles. The zero-order chi connectivity index (χ0) is 13.7. The Kier molecular flexibility index (Phi) is 4.45. The number of aromatic nitrogens is 3. The van der Waals surface area contributed by atoms with Crippen molar-refractivity contribution in [3.8, 4) is 0 Å². The first-order chi connectivity index (χ1) is 9.19. The highest BCUT2D eigenvalue weighted by atomic mass is 16.5. The van der Waals surface area contributed by atoms with E-state index in [0.29, 0.717) is 6.54 Å². The number of nitrogens with zero attached hydrogens (tertiary/aromatic N) is 3. The molecule has 1 amide bonds. The molecule has 8 heteroatoms. The van der Waals surface area contributed by atoms with Gasteiger partial charge in [-0.15, -0.1) is 5.10 Å². The lowest BCUT2D eigenvalue weighted by Crippen LogP contribution is -2.34. The number of hydrogen-bond donors (Lipinski definition) is 1. The second-order valence-corrected chi connectivity index (χ2v) is 4.23. The third kappa shape index (κ3) is 3.75. The van der Waals surface area contributed by atoms with Gasteiger partial charge in [0.15, 0.2) is 5.69 Å². The molecule has 2 heterocycles. The van der Waals surface area contributed by atoms with E-state index in [4.69, 9.17) is 4.74 Å². The quantitative estimate of drug-likeness (QED) is 0.714. The zero-order valence-corrected chi connectivity index (χ0v) is 10.7. The summed E-state index contributed by atoms with van der Waals surface area (Å²) in [7, 11) is 1.26. The summed E-state index contributed by atoms with van der Waals surface area (Å²) in [5, 5.41) is 10.0. The van der Waals surface area contributed by atoms with E-state index in [0.717, 1.165) is 19.4 Å². The lowest BCUT2D eigenvalue weighted by Gasteiger charge is -2.10. The van der Waals surface area contributed by atoms with Crippen LogP contribution in [-0.2, 0) is 20.8 Å². The van der Waals surface area contributed by atoms with Gasteiger partial charge in [-0.3, -0.25) is 4.79 Å². The fraction of sp³-hybridized carbons (Fsp3) is 0.636. The molecule has 104 valence electrons. The lowest BCUT2D eigenvalue weighted by molar-refractivity contribution is -0.122. The molecule has 0 bridgehead atoms. The van der Waals surface area contributed by atoms with Crippen LogP contribution in [0.3, 0.4) is 0 Å². The summed E-state index contributed by atoms with van der Waals surface area (Å²) in [6.07, 6.45) is 3.48. The predicted molar refractivity (Wildman–Crippen MR) is 63.3 cm³/mol. The molecule has 1 saturated heterocycles. The van der Waals surface area contributed by atoms with Crippen molar-refractivity contribution in [1.82, 2.24) is 20.3 Å². The molecular formula is C11H16N4O4. The minimum Gasteiger partial charge on any atom is -0.464 e. The second-order valence-electron chi connectivity index (χ2n) is 4.23. The maximum Gasteiger partial charge on any atom is 0.360 e. The Labute approximate surface area is 110 Å². The van der Waals surface area contributed by atoms with E-state index in [2.05, 4.69) is 20.4 Å². The third-order valence-corrected chi connectivity index (χ3v) is 2.79. The van der Waals surface area contributed by atoms with Crippen molar-refractivity contribution < 1.29 is 19.1 Å². The second kappa shape index (κ2) is 6.28. The van der Waals surface area contributed by atoms with E-state index in [1.165, 1.54) is 18.0 Å². The highest BCUT2D eigenvalue weighted by molar-refractivity contribution is 5.86. The van der Waals surface area contributed by atoms with E-state index in [-0.39, 0.29) is 24.2 Å². The molecule has 0 spiro atoms. The van der Waals surface area contributed by atoms with Gasteiger partial charge in [0.2, 0.25) is 5.91 Å². The summed E-state index contributed by atoms with van der Waals surface area (Å²) in [6.45, 7) is 1.26. The Bertz CT molecular complexity index is 453. The SMILES string of the molecule is COC(=O)c1cn(CC(=O)NC[C@H]2CCCO2)nn1. The topological polar surface area (TPSA) is 95.3 Å². The molecule has 1 atom stereocenters. The van der Waals surface area contributed by atoms with Crippen molar-refractivity contribution in [2.24, 2.45) is 0 Å². The molecule has 1 aliphatic rings. The van der Waals surface area contributed by atoms with Crippen molar-refractivity contribution >= 4 is 11.9 Å². The highest BCUT2D eigenvalue weighted by Gasteiger charge is 2.17. The smallest absolute Gasteiger partial charge is 0.360 e. The fourth-order valence-corrected chi connectivity index (χ4v) is 1.81. The lowest BCUT2D eigenvalue weighted by atomic mass is 10.2. The van der Waals surface area contributed by atoms with Gasteiger partial charge < -0.3 is 14.8 Å². The van der Waals surface area contributed by atoms with Gasteiger partial charge >= 0.3 is 5.97 Å². The normalized spacial score (nSPS) is 18.3. The van der Waals surface area contributed by atoms with E-state index < -0.39 is 5.97 Å². The van der Waals surface area contributed by atoms with E-state index in [9.17, 15) is 9.59 Å². The van der Waals surface area contributed by atoms with Crippen LogP contribution in [-0.4, -0.2) is 53.2 Å². The number of methoxy groups -OCH3 is 1. The molecule has 0 radical (unpaired) electrons. The van der Waals surface area contributed by atoms with Gasteiger partial charge in [0, 0.05) is 13.2 Å². The highest BCUT2D eigenvalue weighted by Crippen LogP contribution is 2.10. The molecule has 0 aromatic carbocycles. The Morgan fingerprint density at radius 3 is 3.16 bits per heavy atom. The minimum atomic E-state index is -0.578. The van der Waals surface area contributed by atoms with Crippen molar-refractivity contribution in [2.45, 2.75) is 25.5 Å². The van der Waals surface area contributed by atoms with Gasteiger partial charge in [-0.1, -0.05) is 5.21 Å². The van der Waals surface area contributed by atoms with Crippen molar-refractivity contribution in [3.05, 3.63) is 11.9 Å². The van der Waals surface area contributed by atoms with Gasteiger partial charge in [-0.25, -0.2) is 9.48 Å². The molecule has 1 fully saturated rings. The van der Waals surface area contributed by atoms with Crippen LogP contribution in [0.15, 0.2) is 6.20 Å². The van der Waals surface area contributed by atoms with Gasteiger partial charge in [0.25, 0.3) is 0 Å². The largest absolute Gasteiger partial charge is 0.464 e. The molecule has 19 heavy (non-hydrogen) atoms. The van der Waals surface area contributed by atoms with E-state index in [1.54, 1.807) is 0 Å². The maximum absolute atomic E-state index is 11.6. The Morgan fingerprint density at radius 1 is 1.63 bits per heavy atom. The fourth-order valence-electron chi connectivity index (χ4n) is 1.81. The van der Waals surface area contributed by atoms with E-state index in [1.807, 2.05) is 0 Å². The number of ether oxygens (including phenoxy) is 2. The van der Waals surface area contributed by atoms with Crippen molar-refractivity contribution in [1.29, 1.82) is 0 Å². The van der Waals surface area contributed by atoms with Crippen molar-refractivity contribution in [2.75, 3.05) is 20.3 Å². The Morgan fingerprint density at radius 2 is 2.47 bits per heavy atom. The predicted octanol–water partition coefficient (Wildman–Crippen LogP) is -0.640. The summed E-state index contributed by atoms with van der Waals surface area (Å²) in [5.41, 5.74) is 0.0782. The van der Waals surface area contributed by atoms with Crippen LogP contribution in [0.4, 0.5) is 0 Å². The standard InChI is InChI=1S/C11H16N4O4/c1-18-11(17)9-6-15(14-13-9)7-10(16)12-5-8-3-2-4-19-8/h6,8H,2-5,7H2,1H3,(H,12,16)/t8-/m1/s1. The average molecular weight is 268 g/mol. The Balaban J connectivity index is 1.78. The molecule has 1 aliphatic heterocycles. The van der Waals surface area contributed by atoms with Crippen LogP contribution in [0.25, 0.3) is 0 Å². The molecule has 1 N–H and O–H groups in total. The summed E-state index contributed by atoms with van der Waals surface area (Å²) in [6, 6.07) is 0. The van der Waals surface area contributed by atoms with Crippen LogP contribution in [0.2, 0.25) is 0 Å². The number of amides is 1. The minimum absolute atomic E-state index is 0.0106. The molecule has 8 nitrogen and oxygen atoms in total. The van der Waals surface area contributed by atoms with Crippen LogP contribution in [0, 0.1) is 0 Å². The number of carbonyl (C=O) groups is 2. The van der Waals surface area contributed by atoms with Crippen LogP contribution >= 0.6 is 0 Å². The number of carbonyl (C=O) groups excluding carboxylic acids is 2. The molecule has 1 aromatic rings. The summed E-state index contributed by atoms with van der Waals surface area (Å²) in [5.74, 6) is -0.775. The summed E-state index contributed by atoms with van der Waals surface area (Å²) >= 11 is 0. The Hall–Kier alpha value is -1.96. The van der Waals surface area contributed by atoms with Gasteiger partial charge in [0.1, 0.15) is 6.54 Å². The van der Waals surface area contributed by atoms with E-state index >= 15 is 0 Å². The molecule has 0 aliphatic carbocycles. The first-order valence-corrected chi connectivity index (χ1v) is 6.06. The number of rotatable bonds is 5. The maximum atomic E-state index is 11.6. The summed E-state index contributed by atoms with van der Waals surface area (Å²) < 4.78 is 11.2. The third-order valence-electron chi connectivity index (χ3n) is 2.79. The van der Waals surface area contributed by atoms with Crippen LogP contribution in [0.1, 0.15) is 23.3 Å². The molecule has 1 aromatic heterocycles. The van der Waals surface area contributed by atoms with Crippen LogP contribution < -0.4 is 5.32 Å². The number of hydrogen-bond acceptors (Lipinski definition) is 6. The van der Waals surface area contributed by atoms with Gasteiger partial charge in [-0.05, 0) is 12.8 Å².